The van der Waals surface area contributed by atoms with E-state index in [2.05, 4.69) is 6.92 Å². The predicted octanol–water partition coefficient (Wildman–Crippen LogP) is 2.37. The highest BCUT2D eigenvalue weighted by Gasteiger charge is 2.92. The Kier molecular flexibility index (Phi) is 6.02. The summed E-state index contributed by atoms with van der Waals surface area (Å²) < 4.78 is 29.9. The van der Waals surface area contributed by atoms with Crippen LogP contribution in [0, 0.1) is 39.4 Å². The predicted molar refractivity (Wildman–Crippen MR) is 149 cm³/mol. The number of allylic oxidation sites excluding steroid dienone is 1. The van der Waals surface area contributed by atoms with Gasteiger partial charge in [0.25, 0.3) is 0 Å². The second-order valence-corrected chi connectivity index (χ2v) is 14.9. The van der Waals surface area contributed by atoms with Crippen molar-refractivity contribution in [3.05, 3.63) is 23.3 Å². The van der Waals surface area contributed by atoms with Gasteiger partial charge < -0.3 is 28.8 Å². The van der Waals surface area contributed by atoms with Crippen molar-refractivity contribution < 1.29 is 52.8 Å². The van der Waals surface area contributed by atoms with Crippen LogP contribution in [0.5, 0.6) is 0 Å². The number of cyclic esters (lactones) is 2. The van der Waals surface area contributed by atoms with Crippen LogP contribution in [0.2, 0.25) is 0 Å². The lowest BCUT2D eigenvalue weighted by Crippen LogP contribution is -2.76. The van der Waals surface area contributed by atoms with Crippen molar-refractivity contribution in [2.45, 2.75) is 104 Å². The monoisotopic (exact) mass is 612 g/mol. The fraction of sp³-hybridized carbons (Fsp3) is 0.727. The minimum atomic E-state index is -1.16. The van der Waals surface area contributed by atoms with Gasteiger partial charge in [-0.05, 0) is 32.6 Å². The molecule has 1 N–H and O–H groups in total. The number of fused-ring (bicyclic) bond motifs is 2. The van der Waals surface area contributed by atoms with E-state index in [-0.39, 0.29) is 36.2 Å². The first-order valence-electron chi connectivity index (χ1n) is 15.5. The van der Waals surface area contributed by atoms with Gasteiger partial charge in [-0.2, -0.15) is 0 Å². The van der Waals surface area contributed by atoms with E-state index < -0.39 is 87.6 Å². The molecule has 11 nitrogen and oxygen atoms in total. The Balaban J connectivity index is 1.38. The molecule has 3 heterocycles. The molecule has 1 spiro atoms. The van der Waals surface area contributed by atoms with E-state index in [1.165, 1.54) is 6.92 Å². The zero-order valence-electron chi connectivity index (χ0n) is 26.1. The molecule has 7 aliphatic rings. The fourth-order valence-electron chi connectivity index (χ4n) is 11.4. The Labute approximate surface area is 255 Å². The molecule has 7 rings (SSSR count). The molecule has 4 aliphatic carbocycles. The van der Waals surface area contributed by atoms with Crippen molar-refractivity contribution >= 4 is 29.7 Å². The highest BCUT2D eigenvalue weighted by atomic mass is 16.6. The number of esters is 4. The Hall–Kier alpha value is -2.89. The molecule has 6 fully saturated rings. The van der Waals surface area contributed by atoms with Crippen molar-refractivity contribution in [3.8, 4) is 0 Å². The van der Waals surface area contributed by atoms with Crippen LogP contribution in [0.25, 0.3) is 0 Å². The van der Waals surface area contributed by atoms with Gasteiger partial charge >= 0.3 is 23.9 Å². The molecule has 0 aromatic rings. The second kappa shape index (κ2) is 8.88. The number of ether oxygens (including phenoxy) is 5. The van der Waals surface area contributed by atoms with Gasteiger partial charge in [-0.1, -0.05) is 33.8 Å². The van der Waals surface area contributed by atoms with Gasteiger partial charge in [0.1, 0.15) is 23.9 Å². The summed E-state index contributed by atoms with van der Waals surface area (Å²) in [6.07, 6.45) is -0.0185. The maximum atomic E-state index is 14.0. The van der Waals surface area contributed by atoms with E-state index in [9.17, 15) is 29.1 Å². The van der Waals surface area contributed by atoms with Crippen LogP contribution in [-0.2, 0) is 47.7 Å². The lowest BCUT2D eigenvalue weighted by molar-refractivity contribution is -0.294. The highest BCUT2D eigenvalue weighted by Crippen LogP contribution is 2.82. The number of aliphatic hydroxyl groups excluding tert-OH is 1. The first-order chi connectivity index (χ1) is 20.5. The summed E-state index contributed by atoms with van der Waals surface area (Å²) in [4.78, 5) is 64.4. The van der Waals surface area contributed by atoms with E-state index in [4.69, 9.17) is 23.7 Å². The van der Waals surface area contributed by atoms with Gasteiger partial charge in [0.05, 0.1) is 30.3 Å². The smallest absolute Gasteiger partial charge is 0.342 e. The van der Waals surface area contributed by atoms with Gasteiger partial charge in [0.15, 0.2) is 5.78 Å². The number of hydrogen-bond acceptors (Lipinski definition) is 11. The van der Waals surface area contributed by atoms with E-state index >= 15 is 0 Å². The summed E-state index contributed by atoms with van der Waals surface area (Å²) in [5, 5.41) is 12.5. The van der Waals surface area contributed by atoms with Crippen LogP contribution in [0.3, 0.4) is 0 Å². The molecule has 13 atom stereocenters. The quantitative estimate of drug-likeness (QED) is 0.164. The number of ketones is 1. The highest BCUT2D eigenvalue weighted by molar-refractivity contribution is 6.14. The van der Waals surface area contributed by atoms with Gasteiger partial charge in [-0.25, -0.2) is 14.4 Å². The topological polar surface area (TPSA) is 155 Å². The third-order valence-electron chi connectivity index (χ3n) is 13.3. The number of carbonyl (C=O) groups excluding carboxylic acids is 5. The van der Waals surface area contributed by atoms with Crippen LogP contribution in [0.1, 0.15) is 67.7 Å². The van der Waals surface area contributed by atoms with Crippen LogP contribution >= 0.6 is 0 Å². The number of carbonyl (C=O) groups is 5. The Morgan fingerprint density at radius 1 is 1.07 bits per heavy atom. The first kappa shape index (κ1) is 29.8. The maximum Gasteiger partial charge on any atom is 0.342 e. The standard InChI is InChI=1S/C33H40O11/c1-8-14(2)27(38)42-19-12-18(41-15(3)34)29(4)13-40-23-24(29)31(19,6)17-9-10-30(5)21(16-11-20(35)43-28(16)39)22(36)26-33(30,44-26)32(17,7)25(23)37/h8,11,17-19,21,23-26,37H,9-10,12-13H2,1-7H3/b14-8+/t17-,18-,19-,21+,23+,24-,25+,26+,29+,30-,31-,32-,33+/m0/s1. The zero-order valence-corrected chi connectivity index (χ0v) is 26.1. The molecule has 0 radical (unpaired) electrons. The largest absolute Gasteiger partial charge is 0.462 e. The number of aliphatic hydroxyl groups is 1. The summed E-state index contributed by atoms with van der Waals surface area (Å²) in [6, 6.07) is 0. The SMILES string of the molecule is C/C=C(\C)C(=O)O[C@H]1C[C@H](OC(C)=O)[C@@]2(C)CO[C@H]3[C@@H](O)[C@]4(C)[C@@H](CC[C@@]5(C)[C@H](C6=CC(=O)OC6=O)C(=O)[C@H]6O[C@@]645)[C@]1(C)[C@@H]32. The van der Waals surface area contributed by atoms with Crippen molar-refractivity contribution in [2.24, 2.45) is 39.4 Å². The molecule has 0 unspecified atom stereocenters. The molecule has 0 amide bonds. The summed E-state index contributed by atoms with van der Waals surface area (Å²) >= 11 is 0. The summed E-state index contributed by atoms with van der Waals surface area (Å²) in [7, 11) is 0. The van der Waals surface area contributed by atoms with Crippen molar-refractivity contribution in [1.29, 1.82) is 0 Å². The number of epoxide rings is 1. The summed E-state index contributed by atoms with van der Waals surface area (Å²) in [5.74, 6) is -4.43. The average molecular weight is 613 g/mol. The molecule has 2 saturated heterocycles. The van der Waals surface area contributed by atoms with E-state index in [0.717, 1.165) is 6.08 Å². The van der Waals surface area contributed by atoms with Gasteiger partial charge in [-0.15, -0.1) is 0 Å². The fourth-order valence-corrected chi connectivity index (χ4v) is 11.4. The number of hydrogen-bond donors (Lipinski definition) is 1. The third kappa shape index (κ3) is 3.16. The Morgan fingerprint density at radius 3 is 2.39 bits per heavy atom. The number of rotatable bonds is 4. The van der Waals surface area contributed by atoms with Crippen LogP contribution < -0.4 is 0 Å². The Bertz CT molecular complexity index is 1480. The summed E-state index contributed by atoms with van der Waals surface area (Å²) in [5.41, 5.74) is -4.13. The molecule has 0 aromatic carbocycles. The van der Waals surface area contributed by atoms with Crippen LogP contribution in [-0.4, -0.2) is 77.5 Å². The van der Waals surface area contributed by atoms with E-state index in [1.54, 1.807) is 19.9 Å². The lowest BCUT2D eigenvalue weighted by atomic mass is 9.34. The minimum Gasteiger partial charge on any atom is -0.462 e. The van der Waals surface area contributed by atoms with E-state index in [0.29, 0.717) is 18.4 Å². The molecule has 0 bridgehead atoms. The van der Waals surface area contributed by atoms with Crippen LogP contribution in [0.15, 0.2) is 23.3 Å². The molecule has 4 saturated carbocycles. The molecule has 0 aromatic heterocycles. The molecule has 11 heteroatoms. The van der Waals surface area contributed by atoms with Crippen LogP contribution in [0.4, 0.5) is 0 Å². The second-order valence-electron chi connectivity index (χ2n) is 14.9. The van der Waals surface area contributed by atoms with Gasteiger partial charge in [-0.3, -0.25) is 9.59 Å². The van der Waals surface area contributed by atoms with Gasteiger partial charge in [0, 0.05) is 52.6 Å². The average Bonchev–Trinajstić information content (AvgIpc) is 3.43. The third-order valence-corrected chi connectivity index (χ3v) is 13.3. The Morgan fingerprint density at radius 2 is 1.77 bits per heavy atom. The molecule has 238 valence electrons. The molecular weight excluding hydrogens is 572 g/mol. The maximum absolute atomic E-state index is 14.0. The van der Waals surface area contributed by atoms with Crippen molar-refractivity contribution in [2.75, 3.05) is 6.61 Å². The molecule has 44 heavy (non-hydrogen) atoms. The minimum absolute atomic E-state index is 0.0364. The van der Waals surface area contributed by atoms with Crippen molar-refractivity contribution in [1.82, 2.24) is 0 Å². The molecule has 3 aliphatic heterocycles. The first-order valence-corrected chi connectivity index (χ1v) is 15.5. The normalized spacial score (nSPS) is 51.9. The van der Waals surface area contributed by atoms with Gasteiger partial charge in [0.2, 0.25) is 0 Å². The zero-order chi connectivity index (χ0) is 31.9. The lowest BCUT2D eigenvalue weighted by Gasteiger charge is -2.70. The summed E-state index contributed by atoms with van der Waals surface area (Å²) in [6.45, 7) is 13.0. The van der Waals surface area contributed by atoms with Crippen molar-refractivity contribution in [3.63, 3.8) is 0 Å². The molecular formula is C33H40O11. The number of Topliss-reactive ketones (excluding diaryl/α,β-unsaturated/α-hetero) is 1. The van der Waals surface area contributed by atoms with E-state index in [1.807, 2.05) is 20.8 Å².